The number of carbonyl (C=O) groups excluding carboxylic acids is 1. The molecule has 96 valence electrons. The smallest absolute Gasteiger partial charge is 0.193 e. The Kier molecular flexibility index (Phi) is 2.43. The minimum atomic E-state index is -0.111. The van der Waals surface area contributed by atoms with Crippen LogP contribution >= 0.6 is 0 Å². The Morgan fingerprint density at radius 1 is 0.789 bits per heavy atom. The van der Waals surface area contributed by atoms with Crippen molar-refractivity contribution in [2.24, 2.45) is 0 Å². The molecule has 19 heavy (non-hydrogen) atoms. The van der Waals surface area contributed by atoms with Gasteiger partial charge in [0.05, 0.1) is 0 Å². The van der Waals surface area contributed by atoms with Crippen LogP contribution in [0.4, 0.5) is 0 Å². The molecule has 1 heteroatoms. The maximum Gasteiger partial charge on any atom is 0.193 e. The van der Waals surface area contributed by atoms with E-state index in [-0.39, 0.29) is 11.2 Å². The van der Waals surface area contributed by atoms with Crippen LogP contribution in [0.3, 0.4) is 0 Å². The molecule has 2 aromatic carbocycles. The highest BCUT2D eigenvalue weighted by molar-refractivity contribution is 6.13. The lowest BCUT2D eigenvalue weighted by Crippen LogP contribution is -2.30. The summed E-state index contributed by atoms with van der Waals surface area (Å²) in [5.74, 6) is 0.164. The predicted octanol–water partition coefficient (Wildman–Crippen LogP) is 4.17. The van der Waals surface area contributed by atoms with Crippen LogP contribution in [-0.2, 0) is 5.41 Å². The topological polar surface area (TPSA) is 17.1 Å². The van der Waals surface area contributed by atoms with Gasteiger partial charge in [0.2, 0.25) is 0 Å². The lowest BCUT2D eigenvalue weighted by molar-refractivity contribution is 0.103. The molecule has 0 bridgehead atoms. The molecule has 0 fully saturated rings. The zero-order valence-electron chi connectivity index (χ0n) is 11.9. The molecule has 1 aliphatic carbocycles. The van der Waals surface area contributed by atoms with E-state index in [1.807, 2.05) is 26.0 Å². The van der Waals surface area contributed by atoms with Gasteiger partial charge in [0, 0.05) is 16.5 Å². The molecule has 0 radical (unpaired) electrons. The van der Waals surface area contributed by atoms with Gasteiger partial charge in [-0.25, -0.2) is 0 Å². The number of carbonyl (C=O) groups is 1. The summed E-state index contributed by atoms with van der Waals surface area (Å²) in [5.41, 5.74) is 6.17. The molecule has 1 nitrogen and oxygen atoms in total. The van der Waals surface area contributed by atoms with E-state index in [0.717, 1.165) is 33.4 Å². The predicted molar refractivity (Wildman–Crippen MR) is 77.9 cm³/mol. The molecule has 3 rings (SSSR count). The van der Waals surface area contributed by atoms with Gasteiger partial charge in [0.25, 0.3) is 0 Å². The van der Waals surface area contributed by atoms with E-state index in [9.17, 15) is 4.79 Å². The Labute approximate surface area is 114 Å². The second-order valence-corrected chi connectivity index (χ2v) is 6.05. The van der Waals surface area contributed by atoms with Crippen LogP contribution < -0.4 is 0 Å². The Morgan fingerprint density at radius 3 is 1.63 bits per heavy atom. The van der Waals surface area contributed by atoms with E-state index in [1.54, 1.807) is 0 Å². The second kappa shape index (κ2) is 3.80. The molecule has 0 saturated heterocycles. The Balaban J connectivity index is 2.36. The summed E-state index contributed by atoms with van der Waals surface area (Å²) in [6, 6.07) is 12.4. The minimum Gasteiger partial charge on any atom is -0.289 e. The summed E-state index contributed by atoms with van der Waals surface area (Å²) in [7, 11) is 0. The number of fused-ring (bicyclic) bond motifs is 2. The van der Waals surface area contributed by atoms with Crippen molar-refractivity contribution in [3.63, 3.8) is 0 Å². The van der Waals surface area contributed by atoms with Crippen molar-refractivity contribution < 1.29 is 4.79 Å². The van der Waals surface area contributed by atoms with Crippen LogP contribution in [-0.4, -0.2) is 5.78 Å². The Morgan fingerprint density at radius 2 is 1.21 bits per heavy atom. The van der Waals surface area contributed by atoms with Gasteiger partial charge >= 0.3 is 0 Å². The third kappa shape index (κ3) is 1.65. The zero-order chi connectivity index (χ0) is 13.8. The van der Waals surface area contributed by atoms with Crippen LogP contribution in [0.2, 0.25) is 0 Å². The van der Waals surface area contributed by atoms with Crippen molar-refractivity contribution in [2.45, 2.75) is 33.1 Å². The quantitative estimate of drug-likeness (QED) is 0.685. The summed E-state index contributed by atoms with van der Waals surface area (Å²) in [6.07, 6.45) is 0. The fraction of sp³-hybridized carbons (Fsp3) is 0.278. The summed E-state index contributed by atoms with van der Waals surface area (Å²) in [5, 5.41) is 0. The average Bonchev–Trinajstić information content (AvgIpc) is 2.35. The van der Waals surface area contributed by atoms with Crippen LogP contribution in [0.15, 0.2) is 36.4 Å². The number of rotatable bonds is 0. The third-order valence-electron chi connectivity index (χ3n) is 4.19. The van der Waals surface area contributed by atoms with Gasteiger partial charge in [-0.3, -0.25) is 4.79 Å². The van der Waals surface area contributed by atoms with Gasteiger partial charge < -0.3 is 0 Å². The van der Waals surface area contributed by atoms with Gasteiger partial charge in [-0.1, -0.05) is 49.2 Å². The molecule has 0 spiro atoms. The molecule has 0 aromatic heterocycles. The maximum atomic E-state index is 12.7. The second-order valence-electron chi connectivity index (χ2n) is 6.05. The molecule has 0 aliphatic heterocycles. The largest absolute Gasteiger partial charge is 0.289 e. The van der Waals surface area contributed by atoms with Crippen LogP contribution in [0.1, 0.15) is 52.0 Å². The SMILES string of the molecule is Cc1ccc2c(c1)C(=O)c1cc(C)ccc1C2(C)C. The van der Waals surface area contributed by atoms with E-state index in [0.29, 0.717) is 0 Å². The Hall–Kier alpha value is -1.89. The highest BCUT2D eigenvalue weighted by Crippen LogP contribution is 2.41. The van der Waals surface area contributed by atoms with Crippen molar-refractivity contribution in [1.82, 2.24) is 0 Å². The highest BCUT2D eigenvalue weighted by atomic mass is 16.1. The summed E-state index contributed by atoms with van der Waals surface area (Å²) in [6.45, 7) is 8.46. The third-order valence-corrected chi connectivity index (χ3v) is 4.19. The van der Waals surface area contributed by atoms with E-state index in [1.165, 1.54) is 0 Å². The first-order valence-electron chi connectivity index (χ1n) is 6.68. The summed E-state index contributed by atoms with van der Waals surface area (Å²) >= 11 is 0. The first-order valence-corrected chi connectivity index (χ1v) is 6.68. The molecular weight excluding hydrogens is 232 g/mol. The fourth-order valence-electron chi connectivity index (χ4n) is 3.07. The summed E-state index contributed by atoms with van der Waals surface area (Å²) in [4.78, 5) is 12.7. The lowest BCUT2D eigenvalue weighted by atomic mass is 9.68. The van der Waals surface area contributed by atoms with Crippen LogP contribution in [0.5, 0.6) is 0 Å². The molecule has 0 atom stereocenters. The van der Waals surface area contributed by atoms with E-state index in [4.69, 9.17) is 0 Å². The van der Waals surface area contributed by atoms with Crippen molar-refractivity contribution in [3.8, 4) is 0 Å². The van der Waals surface area contributed by atoms with E-state index in [2.05, 4.69) is 38.1 Å². The van der Waals surface area contributed by atoms with Gasteiger partial charge in [-0.15, -0.1) is 0 Å². The zero-order valence-corrected chi connectivity index (χ0v) is 11.9. The minimum absolute atomic E-state index is 0.111. The number of hydrogen-bond donors (Lipinski definition) is 0. The molecule has 0 saturated carbocycles. The number of ketones is 1. The Bertz CT molecular complexity index is 635. The normalized spacial score (nSPS) is 15.9. The van der Waals surface area contributed by atoms with Gasteiger partial charge in [-0.05, 0) is 37.1 Å². The van der Waals surface area contributed by atoms with Gasteiger partial charge in [0.1, 0.15) is 0 Å². The van der Waals surface area contributed by atoms with Crippen molar-refractivity contribution in [2.75, 3.05) is 0 Å². The van der Waals surface area contributed by atoms with Crippen molar-refractivity contribution in [3.05, 3.63) is 69.8 Å². The molecule has 1 aliphatic rings. The van der Waals surface area contributed by atoms with Crippen molar-refractivity contribution in [1.29, 1.82) is 0 Å². The molecule has 0 N–H and O–H groups in total. The first kappa shape index (κ1) is 12.2. The number of benzene rings is 2. The fourth-order valence-corrected chi connectivity index (χ4v) is 3.07. The number of aryl methyl sites for hydroxylation is 2. The number of hydrogen-bond acceptors (Lipinski definition) is 1. The lowest BCUT2D eigenvalue weighted by Gasteiger charge is -2.34. The highest BCUT2D eigenvalue weighted by Gasteiger charge is 2.36. The van der Waals surface area contributed by atoms with Gasteiger partial charge in [0.15, 0.2) is 5.78 Å². The maximum absolute atomic E-state index is 12.7. The monoisotopic (exact) mass is 250 g/mol. The van der Waals surface area contributed by atoms with Gasteiger partial charge in [-0.2, -0.15) is 0 Å². The van der Waals surface area contributed by atoms with Crippen LogP contribution in [0.25, 0.3) is 0 Å². The van der Waals surface area contributed by atoms with E-state index < -0.39 is 0 Å². The molecule has 0 amide bonds. The molecule has 0 unspecified atom stereocenters. The standard InChI is InChI=1S/C18H18O/c1-11-5-7-15-13(9-11)17(19)14-10-12(2)6-8-16(14)18(15,3)4/h5-10H,1-4H3. The van der Waals surface area contributed by atoms with Crippen LogP contribution in [0, 0.1) is 13.8 Å². The molecular formula is C18H18O. The molecule has 2 aromatic rings. The van der Waals surface area contributed by atoms with Crippen molar-refractivity contribution >= 4 is 5.78 Å². The van der Waals surface area contributed by atoms with E-state index >= 15 is 0 Å². The summed E-state index contributed by atoms with van der Waals surface area (Å²) < 4.78 is 0. The first-order chi connectivity index (χ1) is 8.91. The average molecular weight is 250 g/mol. The molecule has 0 heterocycles.